The lowest BCUT2D eigenvalue weighted by molar-refractivity contribution is 0.193. The third kappa shape index (κ3) is 4.29. The Kier molecular flexibility index (Phi) is 5.34. The molecule has 1 aromatic rings. The molecular weight excluding hydrogens is 239 g/mol. The van der Waals surface area contributed by atoms with Gasteiger partial charge in [-0.1, -0.05) is 25.5 Å². The molecule has 1 saturated heterocycles. The van der Waals surface area contributed by atoms with E-state index < -0.39 is 0 Å². The van der Waals surface area contributed by atoms with E-state index >= 15 is 0 Å². The Morgan fingerprint density at radius 2 is 2.26 bits per heavy atom. The third-order valence-electron chi connectivity index (χ3n) is 3.99. The monoisotopic (exact) mass is 264 g/mol. The third-order valence-corrected chi connectivity index (χ3v) is 3.99. The van der Waals surface area contributed by atoms with Gasteiger partial charge in [0.2, 0.25) is 0 Å². The van der Waals surface area contributed by atoms with Crippen molar-refractivity contribution >= 4 is 0 Å². The number of benzene rings is 1. The molecule has 2 rings (SSSR count). The zero-order chi connectivity index (χ0) is 13.7. The molecule has 19 heavy (non-hydrogen) atoms. The van der Waals surface area contributed by atoms with Crippen LogP contribution >= 0.6 is 0 Å². The Morgan fingerprint density at radius 3 is 3.00 bits per heavy atom. The number of nitrogens with one attached hydrogen (secondary N) is 1. The van der Waals surface area contributed by atoms with Crippen LogP contribution in [0, 0.1) is 5.82 Å². The minimum Gasteiger partial charge on any atom is -0.313 e. The second kappa shape index (κ2) is 7.01. The summed E-state index contributed by atoms with van der Waals surface area (Å²) in [7, 11) is 0. The van der Waals surface area contributed by atoms with Crippen LogP contribution in [0.25, 0.3) is 0 Å². The van der Waals surface area contributed by atoms with E-state index in [1.807, 2.05) is 6.07 Å². The lowest BCUT2D eigenvalue weighted by atomic mass is 10.1. The van der Waals surface area contributed by atoms with Crippen molar-refractivity contribution in [1.82, 2.24) is 10.2 Å². The molecule has 0 spiro atoms. The number of nitrogens with zero attached hydrogens (tertiary/aromatic N) is 1. The molecule has 0 amide bonds. The molecule has 106 valence electrons. The summed E-state index contributed by atoms with van der Waals surface area (Å²) in [4.78, 5) is 2.48. The summed E-state index contributed by atoms with van der Waals surface area (Å²) in [5.74, 6) is -0.136. The van der Waals surface area contributed by atoms with E-state index in [-0.39, 0.29) is 5.82 Å². The van der Waals surface area contributed by atoms with Gasteiger partial charge in [-0.2, -0.15) is 0 Å². The number of halogens is 1. The minimum atomic E-state index is -0.136. The van der Waals surface area contributed by atoms with Gasteiger partial charge in [0.25, 0.3) is 0 Å². The van der Waals surface area contributed by atoms with Crippen LogP contribution in [-0.4, -0.2) is 30.1 Å². The first-order chi connectivity index (χ1) is 9.19. The molecule has 0 saturated carbocycles. The summed E-state index contributed by atoms with van der Waals surface area (Å²) in [5, 5.41) is 3.62. The highest BCUT2D eigenvalue weighted by Crippen LogP contribution is 2.16. The van der Waals surface area contributed by atoms with Crippen molar-refractivity contribution in [2.24, 2.45) is 0 Å². The smallest absolute Gasteiger partial charge is 0.123 e. The molecule has 2 nitrogen and oxygen atoms in total. The van der Waals surface area contributed by atoms with Crippen LogP contribution in [0.1, 0.15) is 38.7 Å². The molecule has 1 N–H and O–H groups in total. The maximum absolute atomic E-state index is 13.3. The van der Waals surface area contributed by atoms with Crippen LogP contribution in [0.3, 0.4) is 0 Å². The number of hydrogen-bond donors (Lipinski definition) is 1. The van der Waals surface area contributed by atoms with Gasteiger partial charge in [-0.05, 0) is 44.0 Å². The lowest BCUT2D eigenvalue weighted by Crippen LogP contribution is -2.39. The summed E-state index contributed by atoms with van der Waals surface area (Å²) < 4.78 is 13.3. The van der Waals surface area contributed by atoms with E-state index in [9.17, 15) is 4.39 Å². The normalized spacial score (nSPS) is 25.2. The van der Waals surface area contributed by atoms with E-state index in [1.54, 1.807) is 12.1 Å². The molecule has 3 heteroatoms. The Hall–Kier alpha value is -0.930. The highest BCUT2D eigenvalue weighted by atomic mass is 19.1. The lowest BCUT2D eigenvalue weighted by Gasteiger charge is -2.29. The van der Waals surface area contributed by atoms with Crippen molar-refractivity contribution in [1.29, 1.82) is 0 Å². The van der Waals surface area contributed by atoms with Gasteiger partial charge in [-0.3, -0.25) is 4.90 Å². The Bertz CT molecular complexity index is 394. The Balaban J connectivity index is 2.02. The van der Waals surface area contributed by atoms with E-state index in [0.717, 1.165) is 31.6 Å². The first kappa shape index (κ1) is 14.5. The van der Waals surface area contributed by atoms with Gasteiger partial charge in [0, 0.05) is 25.2 Å². The zero-order valence-electron chi connectivity index (χ0n) is 12.0. The predicted molar refractivity (Wildman–Crippen MR) is 77.6 cm³/mol. The fourth-order valence-corrected chi connectivity index (χ4v) is 2.84. The van der Waals surface area contributed by atoms with Gasteiger partial charge in [0.15, 0.2) is 0 Å². The number of hydrogen-bond acceptors (Lipinski definition) is 2. The maximum atomic E-state index is 13.3. The van der Waals surface area contributed by atoms with E-state index in [2.05, 4.69) is 24.1 Å². The molecular formula is C16H25FN2. The fraction of sp³-hybridized carbons (Fsp3) is 0.625. The first-order valence-corrected chi connectivity index (χ1v) is 7.41. The second-order valence-corrected chi connectivity index (χ2v) is 5.64. The predicted octanol–water partition coefficient (Wildman–Crippen LogP) is 3.18. The maximum Gasteiger partial charge on any atom is 0.123 e. The number of rotatable bonds is 4. The SMILES string of the molecule is CCCC1CN(Cc2cccc(F)c2)C(C)CCN1. The molecule has 1 fully saturated rings. The second-order valence-electron chi connectivity index (χ2n) is 5.64. The largest absolute Gasteiger partial charge is 0.313 e. The summed E-state index contributed by atoms with van der Waals surface area (Å²) in [6.45, 7) is 7.50. The minimum absolute atomic E-state index is 0.136. The van der Waals surface area contributed by atoms with Crippen LogP contribution in [0.2, 0.25) is 0 Å². The molecule has 1 heterocycles. The summed E-state index contributed by atoms with van der Waals surface area (Å²) in [6.07, 6.45) is 3.59. The molecule has 2 atom stereocenters. The van der Waals surface area contributed by atoms with Crippen molar-refractivity contribution in [3.05, 3.63) is 35.6 Å². The van der Waals surface area contributed by atoms with E-state index in [1.165, 1.54) is 18.9 Å². The summed E-state index contributed by atoms with van der Waals surface area (Å²) >= 11 is 0. The van der Waals surface area contributed by atoms with E-state index in [4.69, 9.17) is 0 Å². The van der Waals surface area contributed by atoms with Crippen LogP contribution in [0.15, 0.2) is 24.3 Å². The molecule has 0 aliphatic carbocycles. The summed E-state index contributed by atoms with van der Waals surface area (Å²) in [6, 6.07) is 8.11. The molecule has 1 aromatic carbocycles. The molecule has 2 unspecified atom stereocenters. The van der Waals surface area contributed by atoms with E-state index in [0.29, 0.717) is 12.1 Å². The molecule has 1 aliphatic heterocycles. The zero-order valence-corrected chi connectivity index (χ0v) is 12.0. The quantitative estimate of drug-likeness (QED) is 0.898. The van der Waals surface area contributed by atoms with Crippen LogP contribution < -0.4 is 5.32 Å². The molecule has 0 aromatic heterocycles. The molecule has 0 bridgehead atoms. The average molecular weight is 264 g/mol. The van der Waals surface area contributed by atoms with Crippen molar-refractivity contribution in [2.75, 3.05) is 13.1 Å². The first-order valence-electron chi connectivity index (χ1n) is 7.41. The van der Waals surface area contributed by atoms with Crippen LogP contribution in [0.5, 0.6) is 0 Å². The van der Waals surface area contributed by atoms with Crippen molar-refractivity contribution in [2.45, 2.75) is 51.7 Å². The van der Waals surface area contributed by atoms with Crippen molar-refractivity contribution in [3.8, 4) is 0 Å². The summed E-state index contributed by atoms with van der Waals surface area (Å²) in [5.41, 5.74) is 1.07. The standard InChI is InChI=1S/C16H25FN2/c1-3-5-16-12-19(13(2)8-9-18-16)11-14-6-4-7-15(17)10-14/h4,6-7,10,13,16,18H,3,5,8-9,11-12H2,1-2H3. The highest BCUT2D eigenvalue weighted by Gasteiger charge is 2.22. The van der Waals surface area contributed by atoms with Gasteiger partial charge in [-0.15, -0.1) is 0 Å². The Morgan fingerprint density at radius 1 is 1.42 bits per heavy atom. The van der Waals surface area contributed by atoms with Crippen molar-refractivity contribution < 1.29 is 4.39 Å². The van der Waals surface area contributed by atoms with Gasteiger partial charge in [0.05, 0.1) is 0 Å². The Labute approximate surface area is 116 Å². The highest BCUT2D eigenvalue weighted by molar-refractivity contribution is 5.16. The average Bonchev–Trinajstić information content (AvgIpc) is 2.53. The topological polar surface area (TPSA) is 15.3 Å². The van der Waals surface area contributed by atoms with Crippen LogP contribution in [0.4, 0.5) is 4.39 Å². The van der Waals surface area contributed by atoms with Gasteiger partial charge >= 0.3 is 0 Å². The molecule has 1 aliphatic rings. The fourth-order valence-electron chi connectivity index (χ4n) is 2.84. The van der Waals surface area contributed by atoms with Gasteiger partial charge in [-0.25, -0.2) is 4.39 Å². The molecule has 0 radical (unpaired) electrons. The van der Waals surface area contributed by atoms with Gasteiger partial charge < -0.3 is 5.32 Å². The van der Waals surface area contributed by atoms with Gasteiger partial charge in [0.1, 0.15) is 5.82 Å². The van der Waals surface area contributed by atoms with Crippen molar-refractivity contribution in [3.63, 3.8) is 0 Å². The van der Waals surface area contributed by atoms with Crippen LogP contribution in [-0.2, 0) is 6.54 Å².